The fourth-order valence-electron chi connectivity index (χ4n) is 2.10. The van der Waals surface area contributed by atoms with Gasteiger partial charge in [-0.05, 0) is 12.3 Å². The van der Waals surface area contributed by atoms with Gasteiger partial charge < -0.3 is 16.8 Å². The summed E-state index contributed by atoms with van der Waals surface area (Å²) in [5.41, 5.74) is 11.5. The summed E-state index contributed by atoms with van der Waals surface area (Å²) in [6.45, 7) is 5.25. The Kier molecular flexibility index (Phi) is 7.03. The molecular weight excluding hydrogens is 284 g/mol. The lowest BCUT2D eigenvalue weighted by Crippen LogP contribution is -2.10. The van der Waals surface area contributed by atoms with Crippen molar-refractivity contribution in [2.24, 2.45) is 11.7 Å². The Hall–Kier alpha value is -1.74. The van der Waals surface area contributed by atoms with Gasteiger partial charge in [-0.3, -0.25) is 4.79 Å². The van der Waals surface area contributed by atoms with Gasteiger partial charge in [-0.15, -0.1) is 11.3 Å². The van der Waals surface area contributed by atoms with E-state index >= 15 is 0 Å². The molecule has 0 bridgehead atoms. The lowest BCUT2D eigenvalue weighted by atomic mass is 10.0. The predicted octanol–water partition coefficient (Wildman–Crippen LogP) is 3.32. The summed E-state index contributed by atoms with van der Waals surface area (Å²) in [5.74, 6) is 0.179. The number of rotatable bonds is 9. The monoisotopic (exact) mass is 308 g/mol. The third-order valence-corrected chi connectivity index (χ3v) is 4.45. The summed E-state index contributed by atoms with van der Waals surface area (Å²) in [4.78, 5) is 11.5. The van der Waals surface area contributed by atoms with Crippen LogP contribution in [0.25, 0.3) is 0 Å². The van der Waals surface area contributed by atoms with Gasteiger partial charge in [0.2, 0.25) is 0 Å². The van der Waals surface area contributed by atoms with Crippen LogP contribution in [0.4, 0.5) is 10.7 Å². The SMILES string of the molecule is CC(C)CCCCCCNc1sc(C(N)=O)c(N)c1C#N. The molecule has 0 atom stereocenters. The summed E-state index contributed by atoms with van der Waals surface area (Å²) >= 11 is 1.16. The number of carbonyl (C=O) groups is 1. The lowest BCUT2D eigenvalue weighted by molar-refractivity contribution is 0.100. The zero-order valence-electron chi connectivity index (χ0n) is 12.7. The molecular formula is C15H24N4OS. The van der Waals surface area contributed by atoms with Crippen molar-refractivity contribution in [3.8, 4) is 6.07 Å². The van der Waals surface area contributed by atoms with E-state index in [9.17, 15) is 4.79 Å². The number of amides is 1. The van der Waals surface area contributed by atoms with Crippen LogP contribution in [0.1, 0.15) is 61.2 Å². The second kappa shape index (κ2) is 8.53. The zero-order valence-corrected chi connectivity index (χ0v) is 13.6. The Bertz CT molecular complexity index is 516. The van der Waals surface area contributed by atoms with Crippen LogP contribution >= 0.6 is 11.3 Å². The minimum atomic E-state index is -0.587. The quantitative estimate of drug-likeness (QED) is 0.608. The molecule has 1 aromatic heterocycles. The van der Waals surface area contributed by atoms with Gasteiger partial charge >= 0.3 is 0 Å². The van der Waals surface area contributed by atoms with Crippen molar-refractivity contribution in [1.29, 1.82) is 5.26 Å². The largest absolute Gasteiger partial charge is 0.396 e. The van der Waals surface area contributed by atoms with E-state index in [1.807, 2.05) is 6.07 Å². The number of unbranched alkanes of at least 4 members (excludes halogenated alkanes) is 3. The van der Waals surface area contributed by atoms with E-state index in [0.717, 1.165) is 36.6 Å². The molecule has 0 saturated carbocycles. The number of carbonyl (C=O) groups excluding carboxylic acids is 1. The van der Waals surface area contributed by atoms with Crippen LogP contribution in [-0.4, -0.2) is 12.5 Å². The number of nitrogens with two attached hydrogens (primary N) is 2. The molecule has 1 rings (SSSR count). The first-order valence-electron chi connectivity index (χ1n) is 7.33. The number of nitrogens with one attached hydrogen (secondary N) is 1. The van der Waals surface area contributed by atoms with Gasteiger partial charge in [0.05, 0.1) is 5.69 Å². The Morgan fingerprint density at radius 1 is 1.33 bits per heavy atom. The summed E-state index contributed by atoms with van der Waals surface area (Å²) < 4.78 is 0. The van der Waals surface area contributed by atoms with Crippen molar-refractivity contribution >= 4 is 27.9 Å². The van der Waals surface area contributed by atoms with Crippen molar-refractivity contribution in [2.45, 2.75) is 46.0 Å². The van der Waals surface area contributed by atoms with Crippen molar-refractivity contribution in [3.63, 3.8) is 0 Å². The van der Waals surface area contributed by atoms with Gasteiger partial charge in [0.25, 0.3) is 5.91 Å². The summed E-state index contributed by atoms with van der Waals surface area (Å²) in [5, 5.41) is 12.9. The maximum Gasteiger partial charge on any atom is 0.261 e. The molecule has 116 valence electrons. The normalized spacial score (nSPS) is 10.6. The van der Waals surface area contributed by atoms with E-state index in [1.54, 1.807) is 0 Å². The molecule has 21 heavy (non-hydrogen) atoms. The number of thiophene rings is 1. The first kappa shape index (κ1) is 17.3. The Morgan fingerprint density at radius 2 is 2.00 bits per heavy atom. The first-order chi connectivity index (χ1) is 9.97. The number of nitriles is 1. The average molecular weight is 308 g/mol. The van der Waals surface area contributed by atoms with Crippen LogP contribution in [0.5, 0.6) is 0 Å². The van der Waals surface area contributed by atoms with Crippen molar-refractivity contribution < 1.29 is 4.79 Å². The molecule has 0 fully saturated rings. The lowest BCUT2D eigenvalue weighted by Gasteiger charge is -2.06. The molecule has 1 amide bonds. The van der Waals surface area contributed by atoms with Crippen LogP contribution in [0.3, 0.4) is 0 Å². The Morgan fingerprint density at radius 3 is 2.57 bits per heavy atom. The highest BCUT2D eigenvalue weighted by molar-refractivity contribution is 7.18. The van der Waals surface area contributed by atoms with E-state index < -0.39 is 5.91 Å². The summed E-state index contributed by atoms with van der Waals surface area (Å²) in [6, 6.07) is 2.03. The van der Waals surface area contributed by atoms with Gasteiger partial charge in [-0.2, -0.15) is 5.26 Å². The topological polar surface area (TPSA) is 105 Å². The molecule has 6 heteroatoms. The highest BCUT2D eigenvalue weighted by atomic mass is 32.1. The van der Waals surface area contributed by atoms with Gasteiger partial charge in [-0.25, -0.2) is 0 Å². The second-order valence-electron chi connectivity index (χ2n) is 5.55. The molecule has 5 N–H and O–H groups in total. The number of hydrogen-bond acceptors (Lipinski definition) is 5. The van der Waals surface area contributed by atoms with Crippen molar-refractivity contribution in [3.05, 3.63) is 10.4 Å². The standard InChI is InChI=1S/C15H24N4OS/c1-10(2)7-5-3-4-6-8-19-15-11(9-16)12(17)13(21-15)14(18)20/h10,19H,3-8,17H2,1-2H3,(H2,18,20). The summed E-state index contributed by atoms with van der Waals surface area (Å²) in [6.07, 6.45) is 5.95. The highest BCUT2D eigenvalue weighted by Crippen LogP contribution is 2.34. The van der Waals surface area contributed by atoms with E-state index in [1.165, 1.54) is 19.3 Å². The molecule has 0 aromatic carbocycles. The summed E-state index contributed by atoms with van der Waals surface area (Å²) in [7, 11) is 0. The maximum absolute atomic E-state index is 11.2. The number of anilines is 2. The number of primary amides is 1. The molecule has 0 aliphatic heterocycles. The van der Waals surface area contributed by atoms with Crippen molar-refractivity contribution in [1.82, 2.24) is 0 Å². The molecule has 0 aliphatic carbocycles. The highest BCUT2D eigenvalue weighted by Gasteiger charge is 2.18. The molecule has 1 heterocycles. The molecule has 0 saturated heterocycles. The van der Waals surface area contributed by atoms with E-state index in [0.29, 0.717) is 10.6 Å². The zero-order chi connectivity index (χ0) is 15.8. The minimum absolute atomic E-state index is 0.189. The van der Waals surface area contributed by atoms with Gasteiger partial charge in [0.1, 0.15) is 21.5 Å². The van der Waals surface area contributed by atoms with Gasteiger partial charge in [0, 0.05) is 6.54 Å². The van der Waals surface area contributed by atoms with Crippen LogP contribution in [-0.2, 0) is 0 Å². The third-order valence-electron chi connectivity index (χ3n) is 3.27. The molecule has 0 spiro atoms. The minimum Gasteiger partial charge on any atom is -0.396 e. The van der Waals surface area contributed by atoms with Crippen LogP contribution in [0.2, 0.25) is 0 Å². The van der Waals surface area contributed by atoms with E-state index in [-0.39, 0.29) is 10.6 Å². The molecule has 0 aliphatic rings. The van der Waals surface area contributed by atoms with Crippen molar-refractivity contribution in [2.75, 3.05) is 17.6 Å². The van der Waals surface area contributed by atoms with E-state index in [2.05, 4.69) is 19.2 Å². The second-order valence-corrected chi connectivity index (χ2v) is 6.57. The fourth-order valence-corrected chi connectivity index (χ4v) is 3.04. The van der Waals surface area contributed by atoms with Crippen LogP contribution < -0.4 is 16.8 Å². The molecule has 5 nitrogen and oxygen atoms in total. The Labute approximate surface area is 130 Å². The maximum atomic E-state index is 11.2. The number of nitrogens with zero attached hydrogens (tertiary/aromatic N) is 1. The molecule has 0 radical (unpaired) electrons. The Balaban J connectivity index is 2.41. The fraction of sp³-hybridized carbons (Fsp3) is 0.600. The first-order valence-corrected chi connectivity index (χ1v) is 8.15. The van der Waals surface area contributed by atoms with E-state index in [4.69, 9.17) is 16.7 Å². The molecule has 0 unspecified atom stereocenters. The predicted molar refractivity (Wildman–Crippen MR) is 88.4 cm³/mol. The van der Waals surface area contributed by atoms with Crippen LogP contribution in [0.15, 0.2) is 0 Å². The number of nitrogen functional groups attached to an aromatic ring is 1. The number of hydrogen-bond donors (Lipinski definition) is 3. The van der Waals surface area contributed by atoms with Gasteiger partial charge in [0.15, 0.2) is 0 Å². The van der Waals surface area contributed by atoms with Crippen LogP contribution in [0, 0.1) is 17.2 Å². The van der Waals surface area contributed by atoms with Gasteiger partial charge in [-0.1, -0.05) is 39.5 Å². The average Bonchev–Trinajstić information content (AvgIpc) is 2.73. The molecule has 1 aromatic rings. The smallest absolute Gasteiger partial charge is 0.261 e. The third kappa shape index (κ3) is 5.27.